The molecule has 0 aromatic carbocycles. The van der Waals surface area contributed by atoms with Crippen molar-refractivity contribution in [2.24, 2.45) is 0 Å². The summed E-state index contributed by atoms with van der Waals surface area (Å²) in [5, 5.41) is -0.0322. The molecule has 1 amide bonds. The van der Waals surface area contributed by atoms with Crippen LogP contribution in [0.3, 0.4) is 0 Å². The van der Waals surface area contributed by atoms with Crippen molar-refractivity contribution in [3.05, 3.63) is 22.1 Å². The van der Waals surface area contributed by atoms with E-state index in [2.05, 4.69) is 9.97 Å². The van der Waals surface area contributed by atoms with E-state index in [1.54, 1.807) is 11.8 Å². The van der Waals surface area contributed by atoms with Crippen molar-refractivity contribution in [2.75, 3.05) is 18.1 Å². The SMILES string of the molecule is CCCc1cc(=O)[nH]c(S[C@H](C)C(=O)N(CC)[C@H]2CCS(=O)(=O)C2)n1. The highest BCUT2D eigenvalue weighted by molar-refractivity contribution is 8.00. The van der Waals surface area contributed by atoms with E-state index in [1.165, 1.54) is 17.8 Å². The quantitative estimate of drug-likeness (QED) is 0.558. The van der Waals surface area contributed by atoms with E-state index >= 15 is 0 Å². The van der Waals surface area contributed by atoms with Crippen LogP contribution in [0.15, 0.2) is 16.0 Å². The van der Waals surface area contributed by atoms with Gasteiger partial charge in [-0.3, -0.25) is 9.59 Å². The molecule has 1 aromatic rings. The number of hydrogen-bond donors (Lipinski definition) is 1. The average Bonchev–Trinajstić information content (AvgIpc) is 2.87. The van der Waals surface area contributed by atoms with Crippen molar-refractivity contribution in [1.29, 1.82) is 0 Å². The Morgan fingerprint density at radius 3 is 2.76 bits per heavy atom. The van der Waals surface area contributed by atoms with E-state index < -0.39 is 15.1 Å². The number of H-pyrrole nitrogens is 1. The molecule has 140 valence electrons. The minimum Gasteiger partial charge on any atom is -0.338 e. The van der Waals surface area contributed by atoms with Gasteiger partial charge in [-0.05, 0) is 26.7 Å². The molecule has 1 N–H and O–H groups in total. The molecular formula is C16H25N3O4S2. The van der Waals surface area contributed by atoms with Crippen LogP contribution in [-0.2, 0) is 21.1 Å². The molecule has 2 heterocycles. The molecule has 0 saturated carbocycles. The van der Waals surface area contributed by atoms with Gasteiger partial charge in [0.2, 0.25) is 5.91 Å². The number of sulfone groups is 1. The Morgan fingerprint density at radius 1 is 1.48 bits per heavy atom. The lowest BCUT2D eigenvalue weighted by Gasteiger charge is -2.29. The van der Waals surface area contributed by atoms with Crippen LogP contribution in [0.2, 0.25) is 0 Å². The van der Waals surface area contributed by atoms with E-state index in [4.69, 9.17) is 0 Å². The Labute approximate surface area is 152 Å². The molecule has 9 heteroatoms. The first-order chi connectivity index (χ1) is 11.8. The summed E-state index contributed by atoms with van der Waals surface area (Å²) in [5.41, 5.74) is 0.484. The Bertz CT molecular complexity index is 776. The number of carbonyl (C=O) groups is 1. The maximum atomic E-state index is 12.8. The first kappa shape index (κ1) is 20.0. The number of nitrogens with zero attached hydrogens (tertiary/aromatic N) is 2. The van der Waals surface area contributed by atoms with Gasteiger partial charge in [0, 0.05) is 24.3 Å². The third-order valence-electron chi connectivity index (χ3n) is 4.19. The zero-order valence-corrected chi connectivity index (χ0v) is 16.5. The van der Waals surface area contributed by atoms with Gasteiger partial charge in [0.15, 0.2) is 15.0 Å². The first-order valence-corrected chi connectivity index (χ1v) is 11.2. The molecule has 1 fully saturated rings. The Morgan fingerprint density at radius 2 is 2.20 bits per heavy atom. The van der Waals surface area contributed by atoms with Crippen molar-refractivity contribution in [1.82, 2.24) is 14.9 Å². The number of amides is 1. The van der Waals surface area contributed by atoms with Gasteiger partial charge in [-0.1, -0.05) is 25.1 Å². The van der Waals surface area contributed by atoms with Crippen LogP contribution < -0.4 is 5.56 Å². The second kappa shape index (κ2) is 8.35. The van der Waals surface area contributed by atoms with Crippen LogP contribution in [0.5, 0.6) is 0 Å². The molecular weight excluding hydrogens is 362 g/mol. The fraction of sp³-hybridized carbons (Fsp3) is 0.688. The van der Waals surface area contributed by atoms with Crippen molar-refractivity contribution >= 4 is 27.5 Å². The summed E-state index contributed by atoms with van der Waals surface area (Å²) in [6.07, 6.45) is 2.08. The zero-order chi connectivity index (χ0) is 18.6. The van der Waals surface area contributed by atoms with Crippen LogP contribution >= 0.6 is 11.8 Å². The van der Waals surface area contributed by atoms with Crippen LogP contribution in [0.4, 0.5) is 0 Å². The van der Waals surface area contributed by atoms with E-state index in [1.807, 2.05) is 13.8 Å². The molecule has 2 rings (SSSR count). The Balaban J connectivity index is 2.10. The lowest BCUT2D eigenvalue weighted by atomic mass is 10.2. The molecule has 0 bridgehead atoms. The Hall–Kier alpha value is -1.35. The van der Waals surface area contributed by atoms with Gasteiger partial charge >= 0.3 is 0 Å². The topological polar surface area (TPSA) is 100 Å². The highest BCUT2D eigenvalue weighted by atomic mass is 32.2. The van der Waals surface area contributed by atoms with E-state index in [0.717, 1.165) is 6.42 Å². The molecule has 1 saturated heterocycles. The minimum absolute atomic E-state index is 0.0328. The smallest absolute Gasteiger partial charge is 0.251 e. The number of aryl methyl sites for hydroxylation is 1. The van der Waals surface area contributed by atoms with Gasteiger partial charge in [0.1, 0.15) is 0 Å². The van der Waals surface area contributed by atoms with Gasteiger partial charge in [-0.2, -0.15) is 0 Å². The molecule has 1 aliphatic rings. The van der Waals surface area contributed by atoms with Crippen molar-refractivity contribution in [3.8, 4) is 0 Å². The lowest BCUT2D eigenvalue weighted by Crippen LogP contribution is -2.44. The number of aromatic nitrogens is 2. The normalized spacial score (nSPS) is 20.4. The largest absolute Gasteiger partial charge is 0.338 e. The summed E-state index contributed by atoms with van der Waals surface area (Å²) < 4.78 is 23.4. The molecule has 0 aliphatic carbocycles. The van der Waals surface area contributed by atoms with Crippen LogP contribution in [0.25, 0.3) is 0 Å². The predicted octanol–water partition coefficient (Wildman–Crippen LogP) is 1.24. The Kier molecular flexibility index (Phi) is 6.67. The number of carbonyl (C=O) groups excluding carboxylic acids is 1. The summed E-state index contributed by atoms with van der Waals surface area (Å²) in [6, 6.07) is 1.21. The van der Waals surface area contributed by atoms with Gasteiger partial charge < -0.3 is 9.88 Å². The van der Waals surface area contributed by atoms with Gasteiger partial charge in [-0.15, -0.1) is 0 Å². The van der Waals surface area contributed by atoms with E-state index in [9.17, 15) is 18.0 Å². The van der Waals surface area contributed by atoms with Gasteiger partial charge in [0.05, 0.1) is 16.8 Å². The molecule has 25 heavy (non-hydrogen) atoms. The number of thioether (sulfide) groups is 1. The summed E-state index contributed by atoms with van der Waals surface area (Å²) in [5.74, 6) is 0.0419. The summed E-state index contributed by atoms with van der Waals surface area (Å²) in [4.78, 5) is 33.2. The molecule has 7 nitrogen and oxygen atoms in total. The summed E-state index contributed by atoms with van der Waals surface area (Å²) >= 11 is 1.20. The number of rotatable bonds is 7. The lowest BCUT2D eigenvalue weighted by molar-refractivity contribution is -0.131. The summed E-state index contributed by atoms with van der Waals surface area (Å²) in [6.45, 7) is 6.08. The predicted molar refractivity (Wildman–Crippen MR) is 98.6 cm³/mol. The minimum atomic E-state index is -3.05. The van der Waals surface area contributed by atoms with Crippen molar-refractivity contribution in [2.45, 2.75) is 56.5 Å². The maximum absolute atomic E-state index is 12.8. The second-order valence-corrected chi connectivity index (χ2v) is 9.79. The number of hydrogen-bond acceptors (Lipinski definition) is 6. The average molecular weight is 388 g/mol. The fourth-order valence-electron chi connectivity index (χ4n) is 2.99. The highest BCUT2D eigenvalue weighted by Crippen LogP contribution is 2.24. The number of nitrogens with one attached hydrogen (secondary N) is 1. The van der Waals surface area contributed by atoms with E-state index in [-0.39, 0.29) is 29.0 Å². The standard InChI is InChI=1S/C16H25N3O4S2/c1-4-6-12-9-14(20)18-16(17-12)24-11(3)15(21)19(5-2)13-7-8-25(22,23)10-13/h9,11,13H,4-8,10H2,1-3H3,(H,17,18,20)/t11-,13+/m1/s1. The molecule has 0 radical (unpaired) electrons. The molecule has 0 spiro atoms. The molecule has 1 aromatic heterocycles. The van der Waals surface area contributed by atoms with Crippen LogP contribution in [-0.4, -0.2) is 58.5 Å². The molecule has 2 atom stereocenters. The monoisotopic (exact) mass is 387 g/mol. The second-order valence-electron chi connectivity index (χ2n) is 6.23. The van der Waals surface area contributed by atoms with Crippen molar-refractivity contribution < 1.29 is 13.2 Å². The molecule has 1 aliphatic heterocycles. The maximum Gasteiger partial charge on any atom is 0.251 e. The number of aromatic amines is 1. The molecule has 0 unspecified atom stereocenters. The third kappa shape index (κ3) is 5.31. The summed E-state index contributed by atoms with van der Waals surface area (Å²) in [7, 11) is -3.05. The van der Waals surface area contributed by atoms with Crippen LogP contribution in [0.1, 0.15) is 39.3 Å². The zero-order valence-electron chi connectivity index (χ0n) is 14.8. The van der Waals surface area contributed by atoms with Gasteiger partial charge in [-0.25, -0.2) is 13.4 Å². The first-order valence-electron chi connectivity index (χ1n) is 8.53. The van der Waals surface area contributed by atoms with Crippen LogP contribution in [0, 0.1) is 0 Å². The van der Waals surface area contributed by atoms with Crippen molar-refractivity contribution in [3.63, 3.8) is 0 Å². The van der Waals surface area contributed by atoms with E-state index in [0.29, 0.717) is 30.2 Å². The third-order valence-corrected chi connectivity index (χ3v) is 6.91. The highest BCUT2D eigenvalue weighted by Gasteiger charge is 2.35. The fourth-order valence-corrected chi connectivity index (χ4v) is 5.62. The van der Waals surface area contributed by atoms with Gasteiger partial charge in [0.25, 0.3) is 5.56 Å².